The lowest BCUT2D eigenvalue weighted by Crippen LogP contribution is -2.23. The molecule has 1 amide bonds. The van der Waals surface area contributed by atoms with Gasteiger partial charge in [-0.15, -0.1) is 23.1 Å². The molecule has 1 atom stereocenters. The fourth-order valence-corrected chi connectivity index (χ4v) is 3.20. The molecule has 2 aromatic heterocycles. The normalized spacial score (nSPS) is 12.1. The second-order valence-electron chi connectivity index (χ2n) is 4.92. The molecule has 118 valence electrons. The molecule has 1 N–H and O–H groups in total. The lowest BCUT2D eigenvalue weighted by Gasteiger charge is -2.10. The molecule has 0 saturated carbocycles. The van der Waals surface area contributed by atoms with Crippen molar-refractivity contribution in [1.29, 1.82) is 0 Å². The van der Waals surface area contributed by atoms with E-state index >= 15 is 0 Å². The van der Waals surface area contributed by atoms with Crippen LogP contribution >= 0.6 is 23.1 Å². The van der Waals surface area contributed by atoms with Crippen LogP contribution in [0, 0.1) is 0 Å². The highest BCUT2D eigenvalue weighted by Gasteiger charge is 2.16. The Hall–Kier alpha value is -2.12. The Balaban J connectivity index is 1.70. The third kappa shape index (κ3) is 3.62. The Morgan fingerprint density at radius 1 is 1.35 bits per heavy atom. The monoisotopic (exact) mass is 344 g/mol. The van der Waals surface area contributed by atoms with E-state index in [-0.39, 0.29) is 11.9 Å². The van der Waals surface area contributed by atoms with Crippen LogP contribution in [0.2, 0.25) is 0 Å². The molecule has 0 radical (unpaired) electrons. The lowest BCUT2D eigenvalue weighted by molar-refractivity contribution is -0.119. The van der Waals surface area contributed by atoms with Gasteiger partial charge in [-0.25, -0.2) is 4.98 Å². The molecule has 5 nitrogen and oxygen atoms in total. The second-order valence-corrected chi connectivity index (χ2v) is 6.66. The zero-order chi connectivity index (χ0) is 16.2. The quantitative estimate of drug-likeness (QED) is 0.713. The summed E-state index contributed by atoms with van der Waals surface area (Å²) in [5, 5.41) is 9.47. The maximum atomic E-state index is 12.2. The average molecular weight is 344 g/mol. The second kappa shape index (κ2) is 6.97. The van der Waals surface area contributed by atoms with Crippen LogP contribution in [0.1, 0.15) is 13.0 Å². The van der Waals surface area contributed by atoms with Crippen molar-refractivity contribution < 1.29 is 4.79 Å². The standard InChI is InChI=1S/C16H16N4OS2/c1-11(20-9-3-8-17-20)15(21)19-16-18-14(10-23-16)12-4-6-13(22-2)7-5-12/h3-11H,1-2H3,(H,18,19,21). The van der Waals surface area contributed by atoms with Crippen molar-refractivity contribution >= 4 is 34.1 Å². The van der Waals surface area contributed by atoms with Gasteiger partial charge in [-0.3, -0.25) is 9.48 Å². The minimum Gasteiger partial charge on any atom is -0.300 e. The molecule has 0 saturated heterocycles. The molecule has 0 bridgehead atoms. The van der Waals surface area contributed by atoms with Gasteiger partial charge >= 0.3 is 0 Å². The van der Waals surface area contributed by atoms with Crippen LogP contribution in [0.25, 0.3) is 11.3 Å². The SMILES string of the molecule is CSc1ccc(-c2csc(NC(=O)C(C)n3cccn3)n2)cc1. The van der Waals surface area contributed by atoms with Crippen LogP contribution in [0.15, 0.2) is 53.0 Å². The van der Waals surface area contributed by atoms with Crippen LogP contribution < -0.4 is 5.32 Å². The number of benzene rings is 1. The molecule has 0 aliphatic heterocycles. The van der Waals surface area contributed by atoms with E-state index in [1.807, 2.05) is 23.8 Å². The molecule has 2 heterocycles. The Morgan fingerprint density at radius 3 is 2.78 bits per heavy atom. The Kier molecular flexibility index (Phi) is 4.78. The fraction of sp³-hybridized carbons (Fsp3) is 0.188. The number of amides is 1. The highest BCUT2D eigenvalue weighted by molar-refractivity contribution is 7.98. The highest BCUT2D eigenvalue weighted by atomic mass is 32.2. The van der Waals surface area contributed by atoms with Crippen molar-refractivity contribution in [3.05, 3.63) is 48.1 Å². The first-order valence-corrected chi connectivity index (χ1v) is 9.18. The molecule has 0 fully saturated rings. The van der Waals surface area contributed by atoms with Gasteiger partial charge in [-0.05, 0) is 31.4 Å². The predicted molar refractivity (Wildman–Crippen MR) is 94.9 cm³/mol. The maximum Gasteiger partial charge on any atom is 0.250 e. The van der Waals surface area contributed by atoms with E-state index in [9.17, 15) is 4.79 Å². The van der Waals surface area contributed by atoms with Crippen LogP contribution in [-0.2, 0) is 4.79 Å². The Morgan fingerprint density at radius 2 is 2.13 bits per heavy atom. The molecule has 1 aromatic carbocycles. The predicted octanol–water partition coefficient (Wildman–Crippen LogP) is 3.93. The maximum absolute atomic E-state index is 12.2. The van der Waals surface area contributed by atoms with Crippen molar-refractivity contribution in [1.82, 2.24) is 14.8 Å². The number of thiazole rings is 1. The Bertz CT molecular complexity index is 781. The fourth-order valence-electron chi connectivity index (χ4n) is 2.07. The first-order chi connectivity index (χ1) is 11.2. The summed E-state index contributed by atoms with van der Waals surface area (Å²) in [7, 11) is 0. The molecule has 7 heteroatoms. The summed E-state index contributed by atoms with van der Waals surface area (Å²) in [4.78, 5) is 17.9. The van der Waals surface area contributed by atoms with Gasteiger partial charge in [0.2, 0.25) is 0 Å². The van der Waals surface area contributed by atoms with Crippen LogP contribution in [0.5, 0.6) is 0 Å². The molecule has 0 aliphatic rings. The number of anilines is 1. The van der Waals surface area contributed by atoms with Gasteiger partial charge < -0.3 is 5.32 Å². The number of aromatic nitrogens is 3. The summed E-state index contributed by atoms with van der Waals surface area (Å²) in [6.07, 6.45) is 5.47. The van der Waals surface area contributed by atoms with Crippen LogP contribution in [0.3, 0.4) is 0 Å². The topological polar surface area (TPSA) is 59.8 Å². The summed E-state index contributed by atoms with van der Waals surface area (Å²) < 4.78 is 1.62. The number of rotatable bonds is 5. The summed E-state index contributed by atoms with van der Waals surface area (Å²) in [6.45, 7) is 1.80. The summed E-state index contributed by atoms with van der Waals surface area (Å²) >= 11 is 3.12. The minimum atomic E-state index is -0.377. The highest BCUT2D eigenvalue weighted by Crippen LogP contribution is 2.27. The van der Waals surface area contributed by atoms with Gasteiger partial charge in [0.1, 0.15) is 6.04 Å². The number of hydrogen-bond donors (Lipinski definition) is 1. The van der Waals surface area contributed by atoms with Crippen LogP contribution in [-0.4, -0.2) is 26.9 Å². The van der Waals surface area contributed by atoms with Gasteiger partial charge in [0, 0.05) is 28.2 Å². The van der Waals surface area contributed by atoms with Crippen molar-refractivity contribution in [3.8, 4) is 11.3 Å². The molecule has 0 spiro atoms. The number of carbonyl (C=O) groups excluding carboxylic acids is 1. The molecule has 3 aromatic rings. The zero-order valence-corrected chi connectivity index (χ0v) is 14.4. The van der Waals surface area contributed by atoms with E-state index in [2.05, 4.69) is 27.5 Å². The smallest absolute Gasteiger partial charge is 0.250 e. The third-order valence-electron chi connectivity index (χ3n) is 3.42. The van der Waals surface area contributed by atoms with E-state index in [0.29, 0.717) is 5.13 Å². The summed E-state index contributed by atoms with van der Waals surface area (Å²) in [6, 6.07) is 9.63. The first-order valence-electron chi connectivity index (χ1n) is 7.07. The van der Waals surface area contributed by atoms with Gasteiger partial charge in [-0.2, -0.15) is 5.10 Å². The average Bonchev–Trinajstić information content (AvgIpc) is 3.26. The molecule has 3 rings (SSSR count). The number of carbonyl (C=O) groups is 1. The van der Waals surface area contributed by atoms with Crippen molar-refractivity contribution in [2.75, 3.05) is 11.6 Å². The number of nitrogens with zero attached hydrogens (tertiary/aromatic N) is 3. The molecule has 23 heavy (non-hydrogen) atoms. The lowest BCUT2D eigenvalue weighted by atomic mass is 10.2. The molecule has 1 unspecified atom stereocenters. The molecule has 0 aliphatic carbocycles. The van der Waals surface area contributed by atoms with Crippen molar-refractivity contribution in [2.24, 2.45) is 0 Å². The van der Waals surface area contributed by atoms with E-state index in [4.69, 9.17) is 0 Å². The first kappa shape index (κ1) is 15.8. The van der Waals surface area contributed by atoms with E-state index < -0.39 is 0 Å². The van der Waals surface area contributed by atoms with Gasteiger partial charge in [0.05, 0.1) is 5.69 Å². The van der Waals surface area contributed by atoms with Gasteiger partial charge in [0.25, 0.3) is 5.91 Å². The van der Waals surface area contributed by atoms with E-state index in [1.54, 1.807) is 41.8 Å². The van der Waals surface area contributed by atoms with Crippen molar-refractivity contribution in [3.63, 3.8) is 0 Å². The van der Waals surface area contributed by atoms with Gasteiger partial charge in [0.15, 0.2) is 5.13 Å². The summed E-state index contributed by atoms with van der Waals surface area (Å²) in [5.74, 6) is -0.132. The zero-order valence-electron chi connectivity index (χ0n) is 12.8. The largest absolute Gasteiger partial charge is 0.300 e. The van der Waals surface area contributed by atoms with Crippen LogP contribution in [0.4, 0.5) is 5.13 Å². The van der Waals surface area contributed by atoms with Gasteiger partial charge in [-0.1, -0.05) is 12.1 Å². The summed E-state index contributed by atoms with van der Waals surface area (Å²) in [5.41, 5.74) is 1.91. The third-order valence-corrected chi connectivity index (χ3v) is 4.92. The number of nitrogens with one attached hydrogen (secondary N) is 1. The minimum absolute atomic E-state index is 0.132. The number of thioether (sulfide) groups is 1. The van der Waals surface area contributed by atoms with E-state index in [0.717, 1.165) is 11.3 Å². The molecular formula is C16H16N4OS2. The molecular weight excluding hydrogens is 328 g/mol. The number of hydrogen-bond acceptors (Lipinski definition) is 5. The Labute approximate surface area is 142 Å². The van der Waals surface area contributed by atoms with E-state index in [1.165, 1.54) is 16.2 Å². The van der Waals surface area contributed by atoms with Crippen molar-refractivity contribution in [2.45, 2.75) is 17.9 Å².